The van der Waals surface area contributed by atoms with E-state index in [1.54, 1.807) is 12.1 Å². The average molecular weight is 297 g/mol. The molecule has 0 saturated heterocycles. The lowest BCUT2D eigenvalue weighted by molar-refractivity contribution is 0.0922. The minimum atomic E-state index is -0.0688. The largest absolute Gasteiger partial charge is 0.484 e. The van der Waals surface area contributed by atoms with Crippen LogP contribution in [0.2, 0.25) is 5.02 Å². The summed E-state index contributed by atoms with van der Waals surface area (Å²) in [6.07, 6.45) is 0. The SMILES string of the molecule is O=C(COc1ccccc1Cl)c1ccc2ccccc2c1. The van der Waals surface area contributed by atoms with E-state index < -0.39 is 0 Å². The standard InChI is InChI=1S/C18H13ClO2/c19-16-7-3-4-8-18(16)21-12-17(20)15-10-9-13-5-1-2-6-14(13)11-15/h1-11H,12H2. The summed E-state index contributed by atoms with van der Waals surface area (Å²) >= 11 is 6.00. The van der Waals surface area contributed by atoms with Gasteiger partial charge in [0.25, 0.3) is 0 Å². The lowest BCUT2D eigenvalue weighted by Crippen LogP contribution is -2.11. The highest BCUT2D eigenvalue weighted by Crippen LogP contribution is 2.23. The molecule has 3 heteroatoms. The maximum absolute atomic E-state index is 12.2. The van der Waals surface area contributed by atoms with Crippen LogP contribution in [-0.4, -0.2) is 12.4 Å². The Morgan fingerprint density at radius 1 is 0.905 bits per heavy atom. The molecule has 3 aromatic carbocycles. The highest BCUT2D eigenvalue weighted by Gasteiger charge is 2.09. The van der Waals surface area contributed by atoms with Crippen LogP contribution < -0.4 is 4.74 Å². The number of benzene rings is 3. The first kappa shape index (κ1) is 13.7. The number of hydrogen-bond donors (Lipinski definition) is 0. The Morgan fingerprint density at radius 2 is 1.62 bits per heavy atom. The van der Waals surface area contributed by atoms with Crippen LogP contribution in [0.3, 0.4) is 0 Å². The van der Waals surface area contributed by atoms with Gasteiger partial charge in [-0.25, -0.2) is 0 Å². The van der Waals surface area contributed by atoms with Crippen LogP contribution in [0.4, 0.5) is 0 Å². The van der Waals surface area contributed by atoms with Crippen molar-refractivity contribution < 1.29 is 9.53 Å². The second-order valence-corrected chi connectivity index (χ2v) is 5.11. The molecule has 3 aromatic rings. The smallest absolute Gasteiger partial charge is 0.200 e. The summed E-state index contributed by atoms with van der Waals surface area (Å²) in [5.74, 6) is 0.453. The van der Waals surface area contributed by atoms with E-state index in [4.69, 9.17) is 16.3 Å². The summed E-state index contributed by atoms with van der Waals surface area (Å²) in [5, 5.41) is 2.66. The Kier molecular flexibility index (Phi) is 3.89. The molecule has 0 aliphatic carbocycles. The monoisotopic (exact) mass is 296 g/mol. The molecule has 0 aliphatic heterocycles. The van der Waals surface area contributed by atoms with Crippen molar-refractivity contribution in [3.05, 3.63) is 77.3 Å². The number of Topliss-reactive ketones (excluding diaryl/α,β-unsaturated/α-hetero) is 1. The zero-order valence-electron chi connectivity index (χ0n) is 11.3. The highest BCUT2D eigenvalue weighted by molar-refractivity contribution is 6.32. The van der Waals surface area contributed by atoms with Crippen molar-refractivity contribution >= 4 is 28.2 Å². The molecule has 21 heavy (non-hydrogen) atoms. The number of rotatable bonds is 4. The number of fused-ring (bicyclic) bond motifs is 1. The van der Waals surface area contributed by atoms with Crippen LogP contribution in [0, 0.1) is 0 Å². The predicted molar refractivity (Wildman–Crippen MR) is 85.2 cm³/mol. The lowest BCUT2D eigenvalue weighted by Gasteiger charge is -2.07. The van der Waals surface area contributed by atoms with E-state index in [2.05, 4.69) is 0 Å². The molecule has 0 aliphatic rings. The molecule has 2 nitrogen and oxygen atoms in total. The Hall–Kier alpha value is -2.32. The van der Waals surface area contributed by atoms with E-state index in [0.717, 1.165) is 10.8 Å². The molecule has 0 saturated carbocycles. The quantitative estimate of drug-likeness (QED) is 0.649. The Bertz CT molecular complexity index is 796. The molecule has 0 radical (unpaired) electrons. The van der Waals surface area contributed by atoms with Gasteiger partial charge in [-0.05, 0) is 29.0 Å². The molecular formula is C18H13ClO2. The van der Waals surface area contributed by atoms with Crippen molar-refractivity contribution in [3.63, 3.8) is 0 Å². The number of ketones is 1. The van der Waals surface area contributed by atoms with E-state index in [9.17, 15) is 4.79 Å². The van der Waals surface area contributed by atoms with E-state index >= 15 is 0 Å². The van der Waals surface area contributed by atoms with Crippen LogP contribution in [0.25, 0.3) is 10.8 Å². The number of carbonyl (C=O) groups is 1. The van der Waals surface area contributed by atoms with Gasteiger partial charge in [0, 0.05) is 5.56 Å². The Labute approximate surface area is 127 Å². The predicted octanol–water partition coefficient (Wildman–Crippen LogP) is 4.75. The van der Waals surface area contributed by atoms with Gasteiger partial charge in [0.1, 0.15) is 5.75 Å². The maximum Gasteiger partial charge on any atom is 0.200 e. The van der Waals surface area contributed by atoms with Crippen LogP contribution in [0.1, 0.15) is 10.4 Å². The van der Waals surface area contributed by atoms with Gasteiger partial charge < -0.3 is 4.74 Å². The van der Waals surface area contributed by atoms with Crippen molar-refractivity contribution in [2.75, 3.05) is 6.61 Å². The summed E-state index contributed by atoms with van der Waals surface area (Å²) < 4.78 is 5.48. The van der Waals surface area contributed by atoms with Crippen LogP contribution in [0.15, 0.2) is 66.7 Å². The van der Waals surface area contributed by atoms with Crippen molar-refractivity contribution in [2.45, 2.75) is 0 Å². The Morgan fingerprint density at radius 3 is 2.43 bits per heavy atom. The number of para-hydroxylation sites is 1. The topological polar surface area (TPSA) is 26.3 Å². The van der Waals surface area contributed by atoms with Gasteiger partial charge in [0.15, 0.2) is 12.4 Å². The number of carbonyl (C=O) groups excluding carboxylic acids is 1. The van der Waals surface area contributed by atoms with Gasteiger partial charge in [0.2, 0.25) is 0 Å². The normalized spacial score (nSPS) is 10.5. The van der Waals surface area contributed by atoms with Gasteiger partial charge in [-0.15, -0.1) is 0 Å². The van der Waals surface area contributed by atoms with Gasteiger partial charge >= 0.3 is 0 Å². The number of hydrogen-bond acceptors (Lipinski definition) is 2. The molecule has 0 bridgehead atoms. The van der Waals surface area contributed by atoms with Crippen molar-refractivity contribution in [3.8, 4) is 5.75 Å². The molecule has 0 aromatic heterocycles. The highest BCUT2D eigenvalue weighted by atomic mass is 35.5. The second kappa shape index (κ2) is 5.98. The average Bonchev–Trinajstić information content (AvgIpc) is 2.53. The second-order valence-electron chi connectivity index (χ2n) is 4.70. The van der Waals surface area contributed by atoms with Gasteiger partial charge in [0.05, 0.1) is 5.02 Å². The first-order valence-electron chi connectivity index (χ1n) is 6.63. The fourth-order valence-electron chi connectivity index (χ4n) is 2.15. The van der Waals surface area contributed by atoms with Crippen molar-refractivity contribution in [2.24, 2.45) is 0 Å². The van der Waals surface area contributed by atoms with Crippen LogP contribution in [-0.2, 0) is 0 Å². The van der Waals surface area contributed by atoms with E-state index in [1.165, 1.54) is 0 Å². The molecule has 0 amide bonds. The van der Waals surface area contributed by atoms with Crippen molar-refractivity contribution in [1.82, 2.24) is 0 Å². The third kappa shape index (κ3) is 3.06. The summed E-state index contributed by atoms with van der Waals surface area (Å²) in [6.45, 7) is -0.0257. The first-order valence-corrected chi connectivity index (χ1v) is 7.01. The van der Waals surface area contributed by atoms with E-state index in [1.807, 2.05) is 54.6 Å². The third-order valence-corrected chi connectivity index (χ3v) is 3.58. The van der Waals surface area contributed by atoms with E-state index in [-0.39, 0.29) is 12.4 Å². The molecule has 104 valence electrons. The minimum absolute atomic E-state index is 0.0257. The molecule has 0 atom stereocenters. The zero-order chi connectivity index (χ0) is 14.7. The molecular weight excluding hydrogens is 284 g/mol. The number of ether oxygens (including phenoxy) is 1. The molecule has 0 heterocycles. The van der Waals surface area contributed by atoms with E-state index in [0.29, 0.717) is 16.3 Å². The van der Waals surface area contributed by atoms with Gasteiger partial charge in [-0.3, -0.25) is 4.79 Å². The molecule has 0 spiro atoms. The molecule has 3 rings (SSSR count). The molecule has 0 unspecified atom stereocenters. The summed E-state index contributed by atoms with van der Waals surface area (Å²) in [4.78, 5) is 12.2. The summed E-state index contributed by atoms with van der Waals surface area (Å²) in [6, 6.07) is 20.7. The molecule has 0 fully saturated rings. The van der Waals surface area contributed by atoms with Crippen LogP contribution >= 0.6 is 11.6 Å². The van der Waals surface area contributed by atoms with Gasteiger partial charge in [-0.2, -0.15) is 0 Å². The fourth-order valence-corrected chi connectivity index (χ4v) is 2.34. The third-order valence-electron chi connectivity index (χ3n) is 3.27. The summed E-state index contributed by atoms with van der Waals surface area (Å²) in [5.41, 5.74) is 0.640. The first-order chi connectivity index (χ1) is 10.2. The van der Waals surface area contributed by atoms with Crippen LogP contribution in [0.5, 0.6) is 5.75 Å². The summed E-state index contributed by atoms with van der Waals surface area (Å²) in [7, 11) is 0. The molecule has 0 N–H and O–H groups in total. The zero-order valence-corrected chi connectivity index (χ0v) is 12.0. The Balaban J connectivity index is 1.76. The number of halogens is 1. The minimum Gasteiger partial charge on any atom is -0.484 e. The van der Waals surface area contributed by atoms with Gasteiger partial charge in [-0.1, -0.05) is 60.1 Å². The van der Waals surface area contributed by atoms with Crippen molar-refractivity contribution in [1.29, 1.82) is 0 Å². The fraction of sp³-hybridized carbons (Fsp3) is 0.0556. The maximum atomic E-state index is 12.2. The lowest BCUT2D eigenvalue weighted by atomic mass is 10.0.